The van der Waals surface area contributed by atoms with E-state index in [-0.39, 0.29) is 5.91 Å². The summed E-state index contributed by atoms with van der Waals surface area (Å²) in [7, 11) is 0. The number of ether oxygens (including phenoxy) is 1. The molecule has 1 saturated heterocycles. The number of nitrogens with zero attached hydrogens (tertiary/aromatic N) is 2. The van der Waals surface area contributed by atoms with Crippen LogP contribution in [0, 0.1) is 6.92 Å². The van der Waals surface area contributed by atoms with Gasteiger partial charge in [-0.15, -0.1) is 0 Å². The topological polar surface area (TPSA) is 32.8 Å². The number of hydrogen-bond donors (Lipinski definition) is 0. The van der Waals surface area contributed by atoms with Crippen LogP contribution < -0.4 is 9.64 Å². The van der Waals surface area contributed by atoms with Gasteiger partial charge in [0.1, 0.15) is 5.75 Å². The van der Waals surface area contributed by atoms with Gasteiger partial charge in [0.25, 0.3) is 5.91 Å². The van der Waals surface area contributed by atoms with E-state index in [0.29, 0.717) is 30.3 Å². The van der Waals surface area contributed by atoms with Gasteiger partial charge in [-0.3, -0.25) is 4.79 Å². The van der Waals surface area contributed by atoms with Crippen molar-refractivity contribution in [1.82, 2.24) is 4.90 Å². The number of halogens is 2. The zero-order valence-corrected chi connectivity index (χ0v) is 17.1. The van der Waals surface area contributed by atoms with E-state index in [4.69, 9.17) is 27.9 Å². The summed E-state index contributed by atoms with van der Waals surface area (Å²) in [6.45, 7) is 6.93. The first-order valence-electron chi connectivity index (χ1n) is 9.20. The maximum Gasteiger partial charge on any atom is 0.263 e. The number of amides is 1. The van der Waals surface area contributed by atoms with E-state index in [1.807, 2.05) is 42.2 Å². The lowest BCUT2D eigenvalue weighted by atomic mass is 10.1. The fourth-order valence-corrected chi connectivity index (χ4v) is 3.65. The second-order valence-electron chi connectivity index (χ2n) is 6.72. The lowest BCUT2D eigenvalue weighted by Crippen LogP contribution is -2.52. The van der Waals surface area contributed by atoms with Crippen LogP contribution in [-0.4, -0.2) is 43.1 Å². The summed E-state index contributed by atoms with van der Waals surface area (Å²) in [5.41, 5.74) is 2.33. The normalized spacial score (nSPS) is 15.6. The van der Waals surface area contributed by atoms with Crippen molar-refractivity contribution in [1.29, 1.82) is 0 Å². The molecule has 2 aromatic rings. The molecule has 0 radical (unpaired) electrons. The van der Waals surface area contributed by atoms with Gasteiger partial charge >= 0.3 is 0 Å². The maximum atomic E-state index is 12.9. The summed E-state index contributed by atoms with van der Waals surface area (Å²) < 4.78 is 5.90. The molecule has 27 heavy (non-hydrogen) atoms. The third-order valence-electron chi connectivity index (χ3n) is 4.82. The first kappa shape index (κ1) is 19.8. The SMILES string of the molecule is CC[C@H](Oc1cccc(Cl)c1)C(=O)N1CCN(c2cc(Cl)ccc2C)CC1. The highest BCUT2D eigenvalue weighted by Crippen LogP contribution is 2.26. The van der Waals surface area contributed by atoms with E-state index < -0.39 is 6.10 Å². The Morgan fingerprint density at radius 2 is 1.78 bits per heavy atom. The number of hydrogen-bond acceptors (Lipinski definition) is 3. The second kappa shape index (κ2) is 8.85. The molecule has 1 atom stereocenters. The Morgan fingerprint density at radius 3 is 2.44 bits per heavy atom. The van der Waals surface area contributed by atoms with Crippen molar-refractivity contribution >= 4 is 34.8 Å². The average Bonchev–Trinajstić information content (AvgIpc) is 2.68. The van der Waals surface area contributed by atoms with Crippen LogP contribution in [0.2, 0.25) is 10.0 Å². The fraction of sp³-hybridized carbons (Fsp3) is 0.381. The van der Waals surface area contributed by atoms with E-state index in [0.717, 1.165) is 23.8 Å². The van der Waals surface area contributed by atoms with E-state index in [1.54, 1.807) is 12.1 Å². The molecule has 1 amide bonds. The smallest absolute Gasteiger partial charge is 0.263 e. The Labute approximate surface area is 170 Å². The van der Waals surface area contributed by atoms with E-state index >= 15 is 0 Å². The second-order valence-corrected chi connectivity index (χ2v) is 7.59. The molecule has 0 spiro atoms. The molecular formula is C21H24Cl2N2O2. The zero-order valence-electron chi connectivity index (χ0n) is 15.6. The highest BCUT2D eigenvalue weighted by atomic mass is 35.5. The number of carbonyl (C=O) groups excluding carboxylic acids is 1. The van der Waals surface area contributed by atoms with Gasteiger partial charge in [-0.25, -0.2) is 0 Å². The Morgan fingerprint density at radius 1 is 1.07 bits per heavy atom. The molecule has 2 aromatic carbocycles. The van der Waals surface area contributed by atoms with Crippen LogP contribution in [0.15, 0.2) is 42.5 Å². The van der Waals surface area contributed by atoms with E-state index in [2.05, 4.69) is 11.8 Å². The lowest BCUT2D eigenvalue weighted by molar-refractivity contribution is -0.139. The summed E-state index contributed by atoms with van der Waals surface area (Å²) in [5, 5.41) is 1.33. The van der Waals surface area contributed by atoms with Crippen molar-refractivity contribution in [2.45, 2.75) is 26.4 Å². The quantitative estimate of drug-likeness (QED) is 0.713. The number of anilines is 1. The Hall–Kier alpha value is -1.91. The molecule has 6 heteroatoms. The lowest BCUT2D eigenvalue weighted by Gasteiger charge is -2.38. The van der Waals surface area contributed by atoms with Crippen LogP contribution in [-0.2, 0) is 4.79 Å². The number of rotatable bonds is 5. The van der Waals surface area contributed by atoms with Crippen LogP contribution in [0.4, 0.5) is 5.69 Å². The van der Waals surface area contributed by atoms with Crippen molar-refractivity contribution in [3.8, 4) is 5.75 Å². The van der Waals surface area contributed by atoms with Crippen molar-refractivity contribution in [3.05, 3.63) is 58.1 Å². The largest absolute Gasteiger partial charge is 0.481 e. The minimum atomic E-state index is -0.497. The maximum absolute atomic E-state index is 12.9. The fourth-order valence-electron chi connectivity index (χ4n) is 3.31. The Balaban J connectivity index is 1.62. The van der Waals surface area contributed by atoms with Crippen molar-refractivity contribution < 1.29 is 9.53 Å². The molecule has 4 nitrogen and oxygen atoms in total. The molecule has 0 unspecified atom stereocenters. The van der Waals surface area contributed by atoms with Crippen LogP contribution in [0.1, 0.15) is 18.9 Å². The molecule has 0 bridgehead atoms. The first-order chi connectivity index (χ1) is 13.0. The zero-order chi connectivity index (χ0) is 19.4. The van der Waals surface area contributed by atoms with Crippen LogP contribution in [0.5, 0.6) is 5.75 Å². The van der Waals surface area contributed by atoms with Crippen LogP contribution >= 0.6 is 23.2 Å². The molecule has 1 heterocycles. The summed E-state index contributed by atoms with van der Waals surface area (Å²) in [6.07, 6.45) is 0.113. The highest BCUT2D eigenvalue weighted by molar-refractivity contribution is 6.31. The molecular weight excluding hydrogens is 383 g/mol. The van der Waals surface area contributed by atoms with Crippen LogP contribution in [0.3, 0.4) is 0 Å². The molecule has 3 rings (SSSR count). The standard InChI is InChI=1S/C21H24Cl2N2O2/c1-3-20(27-18-6-4-5-16(22)13-18)21(26)25-11-9-24(10-12-25)19-14-17(23)8-7-15(19)2/h4-8,13-14,20H,3,9-12H2,1-2H3/t20-/m0/s1. The minimum absolute atomic E-state index is 0.0277. The monoisotopic (exact) mass is 406 g/mol. The van der Waals surface area contributed by atoms with Gasteiger partial charge in [0.15, 0.2) is 6.10 Å². The minimum Gasteiger partial charge on any atom is -0.481 e. The third-order valence-corrected chi connectivity index (χ3v) is 5.29. The number of aryl methyl sites for hydroxylation is 1. The van der Waals surface area contributed by atoms with Gasteiger partial charge in [-0.1, -0.05) is 42.3 Å². The van der Waals surface area contributed by atoms with Crippen molar-refractivity contribution in [2.75, 3.05) is 31.1 Å². The molecule has 0 aromatic heterocycles. The Bertz CT molecular complexity index is 805. The molecule has 1 fully saturated rings. The van der Waals surface area contributed by atoms with Gasteiger partial charge in [-0.2, -0.15) is 0 Å². The Kier molecular flexibility index (Phi) is 6.51. The van der Waals surface area contributed by atoms with Gasteiger partial charge in [0, 0.05) is 41.9 Å². The predicted octanol–water partition coefficient (Wildman–Crippen LogP) is 4.81. The molecule has 0 saturated carbocycles. The van der Waals surface area contributed by atoms with Gasteiger partial charge in [-0.05, 0) is 49.2 Å². The van der Waals surface area contributed by atoms with Crippen LogP contribution in [0.25, 0.3) is 0 Å². The summed E-state index contributed by atoms with van der Waals surface area (Å²) in [4.78, 5) is 17.1. The highest BCUT2D eigenvalue weighted by Gasteiger charge is 2.28. The molecule has 1 aliphatic rings. The van der Waals surface area contributed by atoms with E-state index in [1.165, 1.54) is 5.56 Å². The first-order valence-corrected chi connectivity index (χ1v) is 9.95. The molecule has 1 aliphatic heterocycles. The van der Waals surface area contributed by atoms with Gasteiger partial charge in [0.2, 0.25) is 0 Å². The predicted molar refractivity (Wildman–Crippen MR) is 111 cm³/mol. The summed E-state index contributed by atoms with van der Waals surface area (Å²) >= 11 is 12.2. The summed E-state index contributed by atoms with van der Waals surface area (Å²) in [6, 6.07) is 13.1. The van der Waals surface area contributed by atoms with Crippen molar-refractivity contribution in [3.63, 3.8) is 0 Å². The van der Waals surface area contributed by atoms with Gasteiger partial charge in [0.05, 0.1) is 0 Å². The number of benzene rings is 2. The molecule has 144 valence electrons. The molecule has 0 aliphatic carbocycles. The number of piperazine rings is 1. The van der Waals surface area contributed by atoms with Gasteiger partial charge < -0.3 is 14.5 Å². The molecule has 0 N–H and O–H groups in total. The number of carbonyl (C=O) groups is 1. The third kappa shape index (κ3) is 4.88. The average molecular weight is 407 g/mol. The summed E-state index contributed by atoms with van der Waals surface area (Å²) in [5.74, 6) is 0.649. The van der Waals surface area contributed by atoms with Crippen molar-refractivity contribution in [2.24, 2.45) is 0 Å². The van der Waals surface area contributed by atoms with E-state index in [9.17, 15) is 4.79 Å².